The van der Waals surface area contributed by atoms with Gasteiger partial charge in [0.15, 0.2) is 0 Å². The Kier molecular flexibility index (Phi) is 3.73. The molecule has 0 fully saturated rings. The predicted octanol–water partition coefficient (Wildman–Crippen LogP) is 2.17. The van der Waals surface area contributed by atoms with Gasteiger partial charge in [0.05, 0.1) is 5.69 Å². The van der Waals surface area contributed by atoms with Gasteiger partial charge in [-0.15, -0.1) is 0 Å². The average Bonchev–Trinajstić information content (AvgIpc) is 2.56. The smallest absolute Gasteiger partial charge is 0.0671 e. The van der Waals surface area contributed by atoms with E-state index in [1.165, 1.54) is 38.3 Å². The van der Waals surface area contributed by atoms with E-state index < -0.39 is 0 Å². The first-order chi connectivity index (χ1) is 10.9. The summed E-state index contributed by atoms with van der Waals surface area (Å²) in [5.41, 5.74) is 8.06. The number of aromatic nitrogens is 1. The van der Waals surface area contributed by atoms with Crippen LogP contribution in [0.15, 0.2) is 54.7 Å². The fourth-order valence-corrected chi connectivity index (χ4v) is 3.59. The zero-order valence-electron chi connectivity index (χ0n) is 13.2. The third-order valence-electron chi connectivity index (χ3n) is 4.75. The van der Waals surface area contributed by atoms with Gasteiger partial charge in [0.25, 0.3) is 0 Å². The second-order valence-electron chi connectivity index (χ2n) is 6.14. The Morgan fingerprint density at radius 1 is 0.696 bits per heavy atom. The van der Waals surface area contributed by atoms with Gasteiger partial charge in [-0.2, -0.15) is 0 Å². The molecule has 2 aromatic carbocycles. The van der Waals surface area contributed by atoms with Crippen LogP contribution in [-0.2, 0) is 12.8 Å². The van der Waals surface area contributed by atoms with Gasteiger partial charge in [-0.25, -0.2) is 0 Å². The normalized spacial score (nSPS) is 13.2. The molecule has 23 heavy (non-hydrogen) atoms. The quantitative estimate of drug-likeness (QED) is 0.400. The van der Waals surface area contributed by atoms with Crippen molar-refractivity contribution in [3.05, 3.63) is 98.7 Å². The number of pyridine rings is 1. The summed E-state index contributed by atoms with van der Waals surface area (Å²) in [7, 11) is 0. The number of hydrogen-bond donors (Lipinski definition) is 0. The van der Waals surface area contributed by atoms with E-state index in [0.717, 1.165) is 18.5 Å². The first-order valence-corrected chi connectivity index (χ1v) is 7.74. The SMILES string of the molecule is C1=c2cc3c(cc2Cc2ccccc21)=Cc1ncccc1C3.[Na]. The molecule has 3 aromatic rings. The molecule has 2 aliphatic rings. The second kappa shape index (κ2) is 5.76. The third kappa shape index (κ3) is 2.49. The molecule has 0 atom stereocenters. The van der Waals surface area contributed by atoms with Gasteiger partial charge in [0.2, 0.25) is 0 Å². The van der Waals surface area contributed by atoms with Crippen LogP contribution in [0.25, 0.3) is 12.2 Å². The fraction of sp³-hybridized carbons (Fsp3) is 0.0952. The Bertz CT molecular complexity index is 949. The molecule has 0 spiro atoms. The van der Waals surface area contributed by atoms with Crippen molar-refractivity contribution in [3.8, 4) is 0 Å². The molecule has 0 unspecified atom stereocenters. The number of rotatable bonds is 0. The number of fused-ring (bicyclic) bond motifs is 4. The van der Waals surface area contributed by atoms with Crippen LogP contribution in [0.4, 0.5) is 0 Å². The molecule has 2 heteroatoms. The summed E-state index contributed by atoms with van der Waals surface area (Å²) >= 11 is 0. The van der Waals surface area contributed by atoms with E-state index in [2.05, 4.69) is 59.6 Å². The van der Waals surface area contributed by atoms with Crippen molar-refractivity contribution in [2.24, 2.45) is 0 Å². The van der Waals surface area contributed by atoms with Crippen LogP contribution in [0.1, 0.15) is 33.5 Å². The third-order valence-corrected chi connectivity index (χ3v) is 4.75. The Morgan fingerprint density at radius 2 is 1.39 bits per heavy atom. The number of benzene rings is 2. The van der Waals surface area contributed by atoms with Crippen LogP contribution in [0.3, 0.4) is 0 Å². The van der Waals surface area contributed by atoms with Gasteiger partial charge < -0.3 is 0 Å². The van der Waals surface area contributed by atoms with Crippen molar-refractivity contribution in [2.45, 2.75) is 12.8 Å². The van der Waals surface area contributed by atoms with E-state index in [0.29, 0.717) is 0 Å². The molecule has 1 radical (unpaired) electrons. The molecule has 0 N–H and O–H groups in total. The largest absolute Gasteiger partial charge is 0.257 e. The van der Waals surface area contributed by atoms with Crippen molar-refractivity contribution in [3.63, 3.8) is 0 Å². The maximum atomic E-state index is 4.50. The van der Waals surface area contributed by atoms with Gasteiger partial charge in [0, 0.05) is 42.2 Å². The van der Waals surface area contributed by atoms with Gasteiger partial charge in [-0.1, -0.05) is 42.5 Å². The summed E-state index contributed by atoms with van der Waals surface area (Å²) < 4.78 is 0. The Labute approximate surface area is 157 Å². The van der Waals surface area contributed by atoms with Crippen LogP contribution in [0.5, 0.6) is 0 Å². The minimum atomic E-state index is 0. The van der Waals surface area contributed by atoms with E-state index in [1.54, 1.807) is 0 Å². The van der Waals surface area contributed by atoms with Gasteiger partial charge in [0.1, 0.15) is 0 Å². The fourth-order valence-electron chi connectivity index (χ4n) is 3.59. The molecule has 0 bridgehead atoms. The van der Waals surface area contributed by atoms with E-state index in [1.807, 2.05) is 12.3 Å². The Balaban J connectivity index is 0.00000135. The molecule has 0 saturated carbocycles. The van der Waals surface area contributed by atoms with Crippen molar-refractivity contribution >= 4 is 41.7 Å². The molecule has 2 aliphatic carbocycles. The zero-order valence-corrected chi connectivity index (χ0v) is 15.2. The maximum absolute atomic E-state index is 4.50. The number of nitrogens with zero attached hydrogens (tertiary/aromatic N) is 1. The van der Waals surface area contributed by atoms with E-state index in [-0.39, 0.29) is 29.6 Å². The van der Waals surface area contributed by atoms with Crippen molar-refractivity contribution in [1.82, 2.24) is 4.98 Å². The number of hydrogen-bond acceptors (Lipinski definition) is 1. The van der Waals surface area contributed by atoms with Crippen LogP contribution >= 0.6 is 0 Å². The molecule has 1 nitrogen and oxygen atoms in total. The van der Waals surface area contributed by atoms with Gasteiger partial charge >= 0.3 is 0 Å². The van der Waals surface area contributed by atoms with Crippen LogP contribution < -0.4 is 10.4 Å². The maximum Gasteiger partial charge on any atom is 0.0671 e. The van der Waals surface area contributed by atoms with Crippen LogP contribution in [0, 0.1) is 0 Å². The average molecular weight is 304 g/mol. The first kappa shape index (κ1) is 14.9. The predicted molar refractivity (Wildman–Crippen MR) is 94.9 cm³/mol. The summed E-state index contributed by atoms with van der Waals surface area (Å²) in [6.07, 6.45) is 8.45. The van der Waals surface area contributed by atoms with Crippen molar-refractivity contribution < 1.29 is 0 Å². The van der Waals surface area contributed by atoms with Crippen molar-refractivity contribution in [1.29, 1.82) is 0 Å². The molecule has 1 heterocycles. The molecular formula is C21H15NNa. The van der Waals surface area contributed by atoms with E-state index in [9.17, 15) is 0 Å². The van der Waals surface area contributed by atoms with E-state index in [4.69, 9.17) is 0 Å². The van der Waals surface area contributed by atoms with Crippen LogP contribution in [-0.4, -0.2) is 34.5 Å². The summed E-state index contributed by atoms with van der Waals surface area (Å²) in [4.78, 5) is 4.50. The molecule has 5 rings (SSSR count). The summed E-state index contributed by atoms with van der Waals surface area (Å²) in [5, 5.41) is 2.70. The minimum Gasteiger partial charge on any atom is -0.257 e. The molecule has 0 saturated heterocycles. The van der Waals surface area contributed by atoms with Crippen LogP contribution in [0.2, 0.25) is 0 Å². The molecule has 1 aromatic heterocycles. The topological polar surface area (TPSA) is 12.9 Å². The molecule has 0 aliphatic heterocycles. The first-order valence-electron chi connectivity index (χ1n) is 7.74. The molecule has 105 valence electrons. The zero-order chi connectivity index (χ0) is 14.5. The minimum absolute atomic E-state index is 0. The summed E-state index contributed by atoms with van der Waals surface area (Å²) in [6.45, 7) is 0. The Morgan fingerprint density at radius 3 is 2.26 bits per heavy atom. The van der Waals surface area contributed by atoms with Gasteiger partial charge in [-0.05, 0) is 62.9 Å². The summed E-state index contributed by atoms with van der Waals surface area (Å²) in [5.74, 6) is 0. The van der Waals surface area contributed by atoms with E-state index >= 15 is 0 Å². The second-order valence-corrected chi connectivity index (χ2v) is 6.14. The van der Waals surface area contributed by atoms with Gasteiger partial charge in [-0.3, -0.25) is 4.98 Å². The molecular weight excluding hydrogens is 289 g/mol. The Hall–Kier alpha value is -1.67. The molecule has 0 amide bonds. The monoisotopic (exact) mass is 304 g/mol. The van der Waals surface area contributed by atoms with Crippen molar-refractivity contribution in [2.75, 3.05) is 0 Å². The summed E-state index contributed by atoms with van der Waals surface area (Å²) in [6, 6.07) is 17.6. The standard InChI is InChI=1S/C21H15N.Na/c1-2-5-15-9-18-12-20-13-21-16(6-3-7-22-21)10-19(20)11-17(18)8-14(15)4-1;/h1-8,11-13H,9-10H2;.